The topological polar surface area (TPSA) is 103 Å². The van der Waals surface area contributed by atoms with Crippen molar-refractivity contribution in [2.75, 3.05) is 0 Å². The first kappa shape index (κ1) is 30.8. The maximum Gasteiger partial charge on any atom is 0.494 e. The van der Waals surface area contributed by atoms with Gasteiger partial charge in [-0.1, -0.05) is 43.6 Å². The molecule has 1 N–H and O–H groups in total. The zero-order valence-electron chi connectivity index (χ0n) is 26.4. The molecule has 9 nitrogen and oxygen atoms in total. The first-order valence-electron chi connectivity index (χ1n) is 15.5. The van der Waals surface area contributed by atoms with E-state index in [4.69, 9.17) is 25.9 Å². The van der Waals surface area contributed by atoms with Crippen molar-refractivity contribution in [3.63, 3.8) is 0 Å². The lowest BCUT2D eigenvalue weighted by Gasteiger charge is -2.38. The fraction of sp³-hybridized carbons (Fsp3) is 0.515. The van der Waals surface area contributed by atoms with Crippen LogP contribution in [0.15, 0.2) is 42.5 Å². The zero-order chi connectivity index (χ0) is 31.7. The van der Waals surface area contributed by atoms with E-state index in [0.29, 0.717) is 27.4 Å². The van der Waals surface area contributed by atoms with Gasteiger partial charge in [0.05, 0.1) is 38.9 Å². The minimum atomic E-state index is -0.679. The smallest absolute Gasteiger partial charge is 0.399 e. The Morgan fingerprint density at radius 3 is 2.36 bits per heavy atom. The summed E-state index contributed by atoms with van der Waals surface area (Å²) in [4.78, 5) is 47.7. The minimum absolute atomic E-state index is 0.0106. The number of amides is 2. The van der Waals surface area contributed by atoms with Gasteiger partial charge in [-0.2, -0.15) is 0 Å². The summed E-state index contributed by atoms with van der Waals surface area (Å²) in [5.41, 5.74) is 1.26. The Bertz CT molecular complexity index is 1640. The van der Waals surface area contributed by atoms with E-state index in [-0.39, 0.29) is 35.6 Å². The fourth-order valence-electron chi connectivity index (χ4n) is 6.93. The number of likely N-dealkylation sites (tertiary alicyclic amines) is 1. The van der Waals surface area contributed by atoms with Crippen LogP contribution < -0.4 is 10.8 Å². The molecule has 2 amide bonds. The fourth-order valence-corrected chi connectivity index (χ4v) is 7.15. The molecule has 1 aliphatic carbocycles. The van der Waals surface area contributed by atoms with Crippen LogP contribution in [0.3, 0.4) is 0 Å². The Kier molecular flexibility index (Phi) is 7.70. The monoisotopic (exact) mass is 618 g/mol. The normalized spacial score (nSPS) is 24.3. The Morgan fingerprint density at radius 1 is 1.05 bits per heavy atom. The SMILES string of the molecule is CC(=O)NC(C(=O)N1C2CC[C@@H](C2)C1c1nc2ccc(B3OC(C)(C)C(C)(C)O3)cc2n1C(=O)c1ccccc1Cl)C(C)C. The molecule has 6 rings (SSSR count). The van der Waals surface area contributed by atoms with Gasteiger partial charge in [0.15, 0.2) is 0 Å². The van der Waals surface area contributed by atoms with Crippen molar-refractivity contribution < 1.29 is 23.7 Å². The summed E-state index contributed by atoms with van der Waals surface area (Å²) >= 11 is 6.56. The van der Waals surface area contributed by atoms with E-state index in [1.165, 1.54) is 6.92 Å². The number of carbonyl (C=O) groups is 3. The van der Waals surface area contributed by atoms with Gasteiger partial charge < -0.3 is 19.5 Å². The number of rotatable bonds is 6. The predicted molar refractivity (Wildman–Crippen MR) is 170 cm³/mol. The summed E-state index contributed by atoms with van der Waals surface area (Å²) < 4.78 is 14.3. The number of fused-ring (bicyclic) bond motifs is 3. The summed E-state index contributed by atoms with van der Waals surface area (Å²) in [6.45, 7) is 13.3. The van der Waals surface area contributed by atoms with Gasteiger partial charge >= 0.3 is 7.12 Å². The second kappa shape index (κ2) is 11.0. The number of nitrogens with one attached hydrogen (secondary N) is 1. The molecule has 4 atom stereocenters. The number of piperidine rings is 1. The molecular formula is C33H40BClN4O5. The quantitative estimate of drug-likeness (QED) is 0.395. The van der Waals surface area contributed by atoms with Crippen molar-refractivity contribution in [2.24, 2.45) is 11.8 Å². The van der Waals surface area contributed by atoms with E-state index in [0.717, 1.165) is 24.7 Å². The van der Waals surface area contributed by atoms with Gasteiger partial charge in [-0.05, 0) is 88.5 Å². The largest absolute Gasteiger partial charge is 0.494 e. The molecule has 2 saturated heterocycles. The van der Waals surface area contributed by atoms with Crippen molar-refractivity contribution >= 4 is 52.9 Å². The van der Waals surface area contributed by atoms with Crippen LogP contribution >= 0.6 is 11.6 Å². The van der Waals surface area contributed by atoms with Gasteiger partial charge in [-0.25, -0.2) is 4.98 Å². The molecule has 3 aliphatic rings. The van der Waals surface area contributed by atoms with Crippen LogP contribution in [-0.2, 0) is 18.9 Å². The van der Waals surface area contributed by atoms with Gasteiger partial charge in [0.2, 0.25) is 11.8 Å². The van der Waals surface area contributed by atoms with E-state index in [9.17, 15) is 14.4 Å². The summed E-state index contributed by atoms with van der Waals surface area (Å²) in [6, 6.07) is 11.5. The Balaban J connectivity index is 1.50. The maximum atomic E-state index is 14.4. The molecular weight excluding hydrogens is 579 g/mol. The molecule has 2 aliphatic heterocycles. The second-order valence-corrected chi connectivity index (χ2v) is 14.2. The third-order valence-electron chi connectivity index (χ3n) is 9.93. The van der Waals surface area contributed by atoms with E-state index < -0.39 is 30.4 Å². The van der Waals surface area contributed by atoms with Crippen LogP contribution in [0, 0.1) is 11.8 Å². The predicted octanol–water partition coefficient (Wildman–Crippen LogP) is 4.89. The van der Waals surface area contributed by atoms with Crippen LogP contribution in [0.25, 0.3) is 11.0 Å². The molecule has 3 unspecified atom stereocenters. The van der Waals surface area contributed by atoms with E-state index in [2.05, 4.69) is 5.32 Å². The molecule has 2 aromatic carbocycles. The molecule has 44 heavy (non-hydrogen) atoms. The van der Waals surface area contributed by atoms with Gasteiger partial charge in [-0.15, -0.1) is 0 Å². The maximum absolute atomic E-state index is 14.4. The molecule has 2 bridgehead atoms. The summed E-state index contributed by atoms with van der Waals surface area (Å²) in [6.07, 6.45) is 2.63. The lowest BCUT2D eigenvalue weighted by Crippen LogP contribution is -2.53. The van der Waals surface area contributed by atoms with Gasteiger partial charge in [0.25, 0.3) is 5.91 Å². The van der Waals surface area contributed by atoms with Crippen LogP contribution in [0.4, 0.5) is 0 Å². The Morgan fingerprint density at radius 2 is 1.73 bits per heavy atom. The molecule has 0 spiro atoms. The van der Waals surface area contributed by atoms with Gasteiger partial charge in [0.1, 0.15) is 11.9 Å². The molecule has 0 radical (unpaired) electrons. The number of hydrogen-bond donors (Lipinski definition) is 1. The highest BCUT2D eigenvalue weighted by Gasteiger charge is 2.53. The van der Waals surface area contributed by atoms with Crippen LogP contribution in [0.2, 0.25) is 5.02 Å². The highest BCUT2D eigenvalue weighted by atomic mass is 35.5. The lowest BCUT2D eigenvalue weighted by atomic mass is 9.79. The van der Waals surface area contributed by atoms with Crippen LogP contribution in [-0.4, -0.2) is 62.6 Å². The van der Waals surface area contributed by atoms with E-state index >= 15 is 0 Å². The highest BCUT2D eigenvalue weighted by molar-refractivity contribution is 6.62. The number of halogens is 1. The third-order valence-corrected chi connectivity index (χ3v) is 10.3. The standard InChI is InChI=1S/C33H40BClN4O5/c1-18(2)27(36-19(3)40)31(42)38-22-14-12-20(16-22)28(38)29-37-25-15-13-21(34-43-32(4,5)33(6,7)44-34)17-26(25)39(29)30(41)23-10-8-9-11-24(23)35/h8-11,13,15,17-18,20,22,27-28H,12,14,16H2,1-7H3,(H,36,40)/t20-,22?,27?,28?/m0/s1. The number of hydrogen-bond acceptors (Lipinski definition) is 6. The molecule has 3 aromatic rings. The molecule has 3 fully saturated rings. The molecule has 1 saturated carbocycles. The molecule has 11 heteroatoms. The molecule has 232 valence electrons. The van der Waals surface area contributed by atoms with E-state index in [1.807, 2.05) is 64.6 Å². The van der Waals surface area contributed by atoms with Gasteiger partial charge in [-0.3, -0.25) is 19.0 Å². The van der Waals surface area contributed by atoms with Crippen LogP contribution in [0.1, 0.15) is 90.0 Å². The first-order chi connectivity index (χ1) is 20.7. The average Bonchev–Trinajstić information content (AvgIpc) is 3.70. The molecule has 1 aromatic heterocycles. The average molecular weight is 619 g/mol. The van der Waals surface area contributed by atoms with E-state index in [1.54, 1.807) is 28.8 Å². The highest BCUT2D eigenvalue weighted by Crippen LogP contribution is 2.51. The summed E-state index contributed by atoms with van der Waals surface area (Å²) in [5, 5.41) is 3.20. The molecule has 3 heterocycles. The summed E-state index contributed by atoms with van der Waals surface area (Å²) in [5.74, 6) is -0.203. The van der Waals surface area contributed by atoms with Crippen molar-refractivity contribution in [1.29, 1.82) is 0 Å². The Labute approximate surface area is 263 Å². The Hall–Kier alpha value is -3.21. The van der Waals surface area contributed by atoms with Crippen molar-refractivity contribution in [3.05, 3.63) is 58.9 Å². The summed E-state index contributed by atoms with van der Waals surface area (Å²) in [7, 11) is -0.628. The number of benzene rings is 2. The number of carbonyl (C=O) groups excluding carboxylic acids is 3. The number of aromatic nitrogens is 2. The van der Waals surface area contributed by atoms with Crippen LogP contribution in [0.5, 0.6) is 0 Å². The zero-order valence-corrected chi connectivity index (χ0v) is 27.1. The van der Waals surface area contributed by atoms with Crippen molar-refractivity contribution in [1.82, 2.24) is 19.8 Å². The minimum Gasteiger partial charge on any atom is -0.399 e. The van der Waals surface area contributed by atoms with Crippen molar-refractivity contribution in [3.8, 4) is 0 Å². The first-order valence-corrected chi connectivity index (χ1v) is 15.8. The third kappa shape index (κ3) is 5.05. The number of imidazole rings is 1. The van der Waals surface area contributed by atoms with Crippen molar-refractivity contribution in [2.45, 2.75) is 97.1 Å². The lowest BCUT2D eigenvalue weighted by molar-refractivity contribution is -0.141. The van der Waals surface area contributed by atoms with Gasteiger partial charge in [0, 0.05) is 13.0 Å². The number of nitrogens with zero attached hydrogens (tertiary/aromatic N) is 3. The second-order valence-electron chi connectivity index (χ2n) is 13.8.